The summed E-state index contributed by atoms with van der Waals surface area (Å²) in [5, 5.41) is 11.1. The van der Waals surface area contributed by atoms with E-state index in [0.29, 0.717) is 25.6 Å². The van der Waals surface area contributed by atoms with Gasteiger partial charge in [-0.15, -0.1) is 0 Å². The summed E-state index contributed by atoms with van der Waals surface area (Å²) in [6.07, 6.45) is 4.29. The van der Waals surface area contributed by atoms with Crippen molar-refractivity contribution in [2.45, 2.75) is 16.8 Å². The van der Waals surface area contributed by atoms with E-state index in [1.165, 1.54) is 0 Å². The molecule has 1 aromatic carbocycles. The number of hydrogen-bond donors (Lipinski definition) is 0. The lowest BCUT2D eigenvalue weighted by molar-refractivity contribution is -0.384. The highest BCUT2D eigenvalue weighted by atomic mass is 32.2. The largest absolute Gasteiger partial charge is 0.501 e. The van der Waals surface area contributed by atoms with Crippen molar-refractivity contribution in [1.29, 1.82) is 0 Å². The third-order valence-corrected chi connectivity index (χ3v) is 4.64. The van der Waals surface area contributed by atoms with Gasteiger partial charge in [-0.1, -0.05) is 12.2 Å². The van der Waals surface area contributed by atoms with E-state index in [0.717, 1.165) is 12.1 Å². The summed E-state index contributed by atoms with van der Waals surface area (Å²) in [7, 11) is -5.62. The van der Waals surface area contributed by atoms with Gasteiger partial charge in [-0.2, -0.15) is 13.2 Å². The van der Waals surface area contributed by atoms with Gasteiger partial charge in [0.2, 0.25) is 0 Å². The number of anilines is 1. The maximum Gasteiger partial charge on any atom is 0.501 e. The summed E-state index contributed by atoms with van der Waals surface area (Å²) in [5.41, 5.74) is -6.08. The molecule has 0 atom stereocenters. The average Bonchev–Trinajstić information content (AvgIpc) is 2.46. The molecule has 1 aliphatic rings. The molecule has 0 spiro atoms. The summed E-state index contributed by atoms with van der Waals surface area (Å²) < 4.78 is 60.3. The molecule has 0 amide bonds. The highest BCUT2D eigenvalue weighted by Crippen LogP contribution is 2.36. The van der Waals surface area contributed by atoms with Gasteiger partial charge in [0.25, 0.3) is 15.5 Å². The first-order valence-corrected chi connectivity index (χ1v) is 7.62. The fourth-order valence-electron chi connectivity index (χ4n) is 2.08. The lowest BCUT2D eigenvalue weighted by Crippen LogP contribution is -2.28. The second-order valence-electron chi connectivity index (χ2n) is 4.56. The molecule has 1 heterocycles. The second kappa shape index (κ2) is 5.59. The molecule has 10 heteroatoms. The predicted octanol–water partition coefficient (Wildman–Crippen LogP) is 2.65. The number of nitro groups is 1. The van der Waals surface area contributed by atoms with Crippen molar-refractivity contribution in [3.8, 4) is 0 Å². The van der Waals surface area contributed by atoms with Gasteiger partial charge in [0.15, 0.2) is 0 Å². The first kappa shape index (κ1) is 16.3. The Balaban J connectivity index is 2.53. The Hall–Kier alpha value is -2.10. The molecule has 6 nitrogen and oxygen atoms in total. The van der Waals surface area contributed by atoms with Crippen LogP contribution in [0.25, 0.3) is 0 Å². The Kier molecular flexibility index (Phi) is 4.14. The van der Waals surface area contributed by atoms with Crippen LogP contribution in [0.5, 0.6) is 0 Å². The molecule has 0 saturated heterocycles. The van der Waals surface area contributed by atoms with Crippen LogP contribution in [-0.2, 0) is 9.84 Å². The minimum absolute atomic E-state index is 0.0930. The predicted molar refractivity (Wildman–Crippen MR) is 72.3 cm³/mol. The number of nitrogens with zero attached hydrogens (tertiary/aromatic N) is 2. The van der Waals surface area contributed by atoms with Gasteiger partial charge < -0.3 is 4.90 Å². The molecule has 0 unspecified atom stereocenters. The zero-order chi connectivity index (χ0) is 16.5. The molecule has 0 aromatic heterocycles. The summed E-state index contributed by atoms with van der Waals surface area (Å²) in [6, 6.07) is 2.23. The van der Waals surface area contributed by atoms with E-state index in [1.54, 1.807) is 11.0 Å². The molecule has 120 valence electrons. The zero-order valence-electron chi connectivity index (χ0n) is 11.1. The summed E-state index contributed by atoms with van der Waals surface area (Å²) in [6.45, 7) is 0.828. The molecule has 0 aliphatic carbocycles. The number of hydrogen-bond acceptors (Lipinski definition) is 5. The Morgan fingerprint density at radius 1 is 1.23 bits per heavy atom. The molecule has 0 radical (unpaired) electrons. The van der Waals surface area contributed by atoms with Gasteiger partial charge in [0.05, 0.1) is 9.82 Å². The van der Waals surface area contributed by atoms with Gasteiger partial charge in [-0.3, -0.25) is 10.1 Å². The fraction of sp³-hybridized carbons (Fsp3) is 0.333. The minimum Gasteiger partial charge on any atom is -0.362 e. The summed E-state index contributed by atoms with van der Waals surface area (Å²) >= 11 is 0. The van der Waals surface area contributed by atoms with Crippen molar-refractivity contribution in [2.75, 3.05) is 18.0 Å². The van der Waals surface area contributed by atoms with Crippen LogP contribution in [0, 0.1) is 10.1 Å². The normalized spacial score (nSPS) is 15.9. The van der Waals surface area contributed by atoms with Crippen LogP contribution in [0.1, 0.15) is 6.42 Å². The summed E-state index contributed by atoms with van der Waals surface area (Å²) in [5.74, 6) is 0. The van der Waals surface area contributed by atoms with Crippen LogP contribution >= 0.6 is 0 Å². The smallest absolute Gasteiger partial charge is 0.362 e. The maximum atomic E-state index is 12.5. The van der Waals surface area contributed by atoms with Crippen molar-refractivity contribution in [3.63, 3.8) is 0 Å². The van der Waals surface area contributed by atoms with E-state index in [1.807, 2.05) is 6.08 Å². The minimum atomic E-state index is -5.62. The standard InChI is InChI=1S/C12H11F3N2O4S/c13-12(14,15)22(20,21)9-4-5-10(11(8-9)17(18)19)16-6-2-1-3-7-16/h1-2,4-5,8H,3,6-7H2. The van der Waals surface area contributed by atoms with Crippen LogP contribution in [0.15, 0.2) is 35.2 Å². The number of sulfone groups is 1. The molecule has 0 fully saturated rings. The first-order valence-electron chi connectivity index (χ1n) is 6.14. The van der Waals surface area contributed by atoms with E-state index in [9.17, 15) is 31.7 Å². The first-order chi connectivity index (χ1) is 10.1. The molecular weight excluding hydrogens is 325 g/mol. The third-order valence-electron chi connectivity index (χ3n) is 3.16. The van der Waals surface area contributed by atoms with Crippen molar-refractivity contribution >= 4 is 21.2 Å². The summed E-state index contributed by atoms with van der Waals surface area (Å²) in [4.78, 5) is 10.7. The molecule has 0 N–H and O–H groups in total. The fourth-order valence-corrected chi connectivity index (χ4v) is 2.86. The number of nitro benzene ring substituents is 1. The SMILES string of the molecule is O=[N+]([O-])c1cc(S(=O)(=O)C(F)(F)F)ccc1N1CC=CCC1. The van der Waals surface area contributed by atoms with Crippen LogP contribution in [0.4, 0.5) is 24.5 Å². The van der Waals surface area contributed by atoms with E-state index in [4.69, 9.17) is 0 Å². The maximum absolute atomic E-state index is 12.5. The van der Waals surface area contributed by atoms with E-state index >= 15 is 0 Å². The molecule has 1 aliphatic heterocycles. The van der Waals surface area contributed by atoms with Crippen molar-refractivity contribution in [3.05, 3.63) is 40.5 Å². The third kappa shape index (κ3) is 2.91. The topological polar surface area (TPSA) is 80.5 Å². The van der Waals surface area contributed by atoms with Gasteiger partial charge in [-0.25, -0.2) is 8.42 Å². The van der Waals surface area contributed by atoms with E-state index < -0.39 is 30.9 Å². The monoisotopic (exact) mass is 336 g/mol. The van der Waals surface area contributed by atoms with Crippen LogP contribution in [0.2, 0.25) is 0 Å². The number of alkyl halides is 3. The molecule has 22 heavy (non-hydrogen) atoms. The van der Waals surface area contributed by atoms with Gasteiger partial charge in [0.1, 0.15) is 5.69 Å². The Labute approximate surface area is 123 Å². The molecule has 0 bridgehead atoms. The van der Waals surface area contributed by atoms with E-state index in [-0.39, 0.29) is 5.69 Å². The van der Waals surface area contributed by atoms with Gasteiger partial charge >= 0.3 is 5.51 Å². The van der Waals surface area contributed by atoms with Crippen molar-refractivity contribution < 1.29 is 26.5 Å². The molecule has 1 aromatic rings. The number of halogens is 3. The highest BCUT2D eigenvalue weighted by Gasteiger charge is 2.47. The highest BCUT2D eigenvalue weighted by molar-refractivity contribution is 7.92. The number of rotatable bonds is 3. The zero-order valence-corrected chi connectivity index (χ0v) is 11.9. The number of benzene rings is 1. The second-order valence-corrected chi connectivity index (χ2v) is 6.50. The van der Waals surface area contributed by atoms with Gasteiger partial charge in [-0.05, 0) is 18.6 Å². The molecule has 2 rings (SSSR count). The average molecular weight is 336 g/mol. The van der Waals surface area contributed by atoms with Gasteiger partial charge in [0, 0.05) is 19.2 Å². The molecule has 0 saturated carbocycles. The Morgan fingerprint density at radius 2 is 1.91 bits per heavy atom. The van der Waals surface area contributed by atoms with Crippen molar-refractivity contribution in [1.82, 2.24) is 0 Å². The Bertz CT molecular complexity index is 728. The van der Waals surface area contributed by atoms with Crippen LogP contribution in [-0.4, -0.2) is 31.9 Å². The van der Waals surface area contributed by atoms with E-state index in [2.05, 4.69) is 0 Å². The molecular formula is C12H11F3N2O4S. The van der Waals surface area contributed by atoms with Crippen LogP contribution < -0.4 is 4.90 Å². The van der Waals surface area contributed by atoms with Crippen LogP contribution in [0.3, 0.4) is 0 Å². The Morgan fingerprint density at radius 3 is 2.41 bits per heavy atom. The lowest BCUT2D eigenvalue weighted by Gasteiger charge is -2.25. The quantitative estimate of drug-likeness (QED) is 0.481. The lowest BCUT2D eigenvalue weighted by atomic mass is 10.2. The van der Waals surface area contributed by atoms with Crippen molar-refractivity contribution in [2.24, 2.45) is 0 Å².